The van der Waals surface area contributed by atoms with Crippen LogP contribution in [0.15, 0.2) is 29.2 Å². The summed E-state index contributed by atoms with van der Waals surface area (Å²) in [5, 5.41) is 2.95. The Hall–Kier alpha value is -1.16. The fraction of sp³-hybridized carbons (Fsp3) is 0.417. The molecular weight excluding hydrogens is 220 g/mol. The second kappa shape index (κ2) is 4.78. The van der Waals surface area contributed by atoms with Crippen LogP contribution >= 0.6 is 11.8 Å². The molecule has 2 rings (SSSR count). The lowest BCUT2D eigenvalue weighted by molar-refractivity contribution is -0.120. The number of nitrogens with one attached hydrogen (secondary N) is 1. The summed E-state index contributed by atoms with van der Waals surface area (Å²) in [7, 11) is 0. The van der Waals surface area contributed by atoms with Gasteiger partial charge in [0.15, 0.2) is 0 Å². The van der Waals surface area contributed by atoms with Crippen molar-refractivity contribution in [3.8, 4) is 0 Å². The summed E-state index contributed by atoms with van der Waals surface area (Å²) in [6, 6.07) is 8.03. The van der Waals surface area contributed by atoms with Crippen molar-refractivity contribution in [2.24, 2.45) is 0 Å². The molecule has 1 unspecified atom stereocenters. The van der Waals surface area contributed by atoms with Gasteiger partial charge in [-0.15, -0.1) is 11.8 Å². The molecule has 0 spiro atoms. The molecule has 4 heteroatoms. The summed E-state index contributed by atoms with van der Waals surface area (Å²) in [5.74, 6) is 0.129. The Kier molecular flexibility index (Phi) is 3.39. The van der Waals surface area contributed by atoms with Crippen molar-refractivity contribution in [1.82, 2.24) is 5.32 Å². The molecule has 0 aromatic heterocycles. The maximum absolute atomic E-state index is 11.7. The highest BCUT2D eigenvalue weighted by atomic mass is 32.2. The normalized spacial score (nSPS) is 16.8. The van der Waals surface area contributed by atoms with E-state index in [9.17, 15) is 4.79 Å². The summed E-state index contributed by atoms with van der Waals surface area (Å²) in [4.78, 5) is 12.8. The van der Waals surface area contributed by atoms with E-state index in [1.807, 2.05) is 31.2 Å². The second-order valence-electron chi connectivity index (χ2n) is 4.11. The molecule has 0 saturated heterocycles. The van der Waals surface area contributed by atoms with Crippen LogP contribution in [0.1, 0.15) is 19.8 Å². The maximum atomic E-state index is 11.7. The molecule has 0 radical (unpaired) electrons. The minimum absolute atomic E-state index is 0.0516. The molecule has 1 atom stereocenters. The van der Waals surface area contributed by atoms with Crippen molar-refractivity contribution in [1.29, 1.82) is 0 Å². The van der Waals surface area contributed by atoms with E-state index in [0.29, 0.717) is 6.04 Å². The highest BCUT2D eigenvalue weighted by molar-refractivity contribution is 8.00. The molecule has 86 valence electrons. The van der Waals surface area contributed by atoms with Crippen LogP contribution in [-0.4, -0.2) is 17.2 Å². The number of nitrogen functional groups attached to an aromatic ring is 1. The zero-order valence-corrected chi connectivity index (χ0v) is 10.1. The molecule has 3 N–H and O–H groups in total. The molecule has 0 heterocycles. The quantitative estimate of drug-likeness (QED) is 0.621. The summed E-state index contributed by atoms with van der Waals surface area (Å²) in [6.45, 7) is 1.93. The SMILES string of the molecule is CC(Sc1ccc(N)cc1)C(=O)NC1CC1. The molecule has 0 aliphatic heterocycles. The van der Waals surface area contributed by atoms with Gasteiger partial charge < -0.3 is 11.1 Å². The van der Waals surface area contributed by atoms with Gasteiger partial charge in [-0.05, 0) is 44.0 Å². The Bertz CT molecular complexity index is 373. The van der Waals surface area contributed by atoms with Crippen molar-refractivity contribution in [3.63, 3.8) is 0 Å². The van der Waals surface area contributed by atoms with Crippen molar-refractivity contribution in [3.05, 3.63) is 24.3 Å². The Morgan fingerprint density at radius 2 is 2.06 bits per heavy atom. The van der Waals surface area contributed by atoms with Crippen LogP contribution in [-0.2, 0) is 4.79 Å². The number of carbonyl (C=O) groups excluding carboxylic acids is 1. The van der Waals surface area contributed by atoms with E-state index in [1.54, 1.807) is 11.8 Å². The minimum atomic E-state index is -0.0516. The second-order valence-corrected chi connectivity index (χ2v) is 5.53. The van der Waals surface area contributed by atoms with Crippen molar-refractivity contribution < 1.29 is 4.79 Å². The summed E-state index contributed by atoms with van der Waals surface area (Å²) < 4.78 is 0. The first-order valence-corrected chi connectivity index (χ1v) is 6.35. The fourth-order valence-corrected chi connectivity index (χ4v) is 2.23. The molecule has 1 saturated carbocycles. The zero-order valence-electron chi connectivity index (χ0n) is 9.27. The lowest BCUT2D eigenvalue weighted by Gasteiger charge is -2.11. The predicted octanol–water partition coefficient (Wildman–Crippen LogP) is 2.03. The maximum Gasteiger partial charge on any atom is 0.233 e. The smallest absolute Gasteiger partial charge is 0.233 e. The van der Waals surface area contributed by atoms with Crippen LogP contribution in [0.2, 0.25) is 0 Å². The van der Waals surface area contributed by atoms with Gasteiger partial charge in [0, 0.05) is 16.6 Å². The topological polar surface area (TPSA) is 55.1 Å². The van der Waals surface area contributed by atoms with Crippen molar-refractivity contribution in [2.45, 2.75) is 36.0 Å². The minimum Gasteiger partial charge on any atom is -0.399 e. The Balaban J connectivity index is 1.87. The molecule has 1 aliphatic carbocycles. The molecular formula is C12H16N2OS. The summed E-state index contributed by atoms with van der Waals surface area (Å²) >= 11 is 1.56. The first-order valence-electron chi connectivity index (χ1n) is 5.48. The van der Waals surface area contributed by atoms with E-state index < -0.39 is 0 Å². The molecule has 0 bridgehead atoms. The Labute approximate surface area is 99.8 Å². The van der Waals surface area contributed by atoms with Crippen LogP contribution in [0.5, 0.6) is 0 Å². The molecule has 1 fully saturated rings. The summed E-state index contributed by atoms with van der Waals surface area (Å²) in [5.41, 5.74) is 6.35. The molecule has 1 aliphatic rings. The van der Waals surface area contributed by atoms with Gasteiger partial charge in [-0.3, -0.25) is 4.79 Å². The average Bonchev–Trinajstić information content (AvgIpc) is 3.05. The van der Waals surface area contributed by atoms with E-state index in [-0.39, 0.29) is 11.2 Å². The monoisotopic (exact) mass is 236 g/mol. The number of thioether (sulfide) groups is 1. The van der Waals surface area contributed by atoms with E-state index in [0.717, 1.165) is 23.4 Å². The van der Waals surface area contributed by atoms with Crippen LogP contribution in [0.4, 0.5) is 5.69 Å². The first kappa shape index (κ1) is 11.3. The number of rotatable bonds is 4. The molecule has 1 aromatic carbocycles. The predicted molar refractivity (Wildman–Crippen MR) is 67.3 cm³/mol. The zero-order chi connectivity index (χ0) is 11.5. The molecule has 16 heavy (non-hydrogen) atoms. The summed E-state index contributed by atoms with van der Waals surface area (Å²) in [6.07, 6.45) is 2.26. The number of benzene rings is 1. The molecule has 1 aromatic rings. The van der Waals surface area contributed by atoms with Gasteiger partial charge >= 0.3 is 0 Å². The van der Waals surface area contributed by atoms with E-state index >= 15 is 0 Å². The number of amides is 1. The number of hydrogen-bond donors (Lipinski definition) is 2. The third-order valence-electron chi connectivity index (χ3n) is 2.49. The third-order valence-corrected chi connectivity index (χ3v) is 3.60. The lowest BCUT2D eigenvalue weighted by atomic mass is 10.3. The van der Waals surface area contributed by atoms with Gasteiger partial charge in [-0.25, -0.2) is 0 Å². The van der Waals surface area contributed by atoms with Crippen LogP contribution in [0, 0.1) is 0 Å². The number of anilines is 1. The lowest BCUT2D eigenvalue weighted by Crippen LogP contribution is -2.32. The van der Waals surface area contributed by atoms with Crippen molar-refractivity contribution >= 4 is 23.4 Å². The van der Waals surface area contributed by atoms with Crippen LogP contribution in [0.3, 0.4) is 0 Å². The Morgan fingerprint density at radius 1 is 1.44 bits per heavy atom. The largest absolute Gasteiger partial charge is 0.399 e. The highest BCUT2D eigenvalue weighted by Crippen LogP contribution is 2.25. The Morgan fingerprint density at radius 3 is 2.62 bits per heavy atom. The highest BCUT2D eigenvalue weighted by Gasteiger charge is 2.25. The van der Waals surface area contributed by atoms with E-state index in [4.69, 9.17) is 5.73 Å². The van der Waals surface area contributed by atoms with Crippen molar-refractivity contribution in [2.75, 3.05) is 5.73 Å². The van der Waals surface area contributed by atoms with Gasteiger partial charge in [-0.1, -0.05) is 0 Å². The van der Waals surface area contributed by atoms with Gasteiger partial charge in [-0.2, -0.15) is 0 Å². The average molecular weight is 236 g/mol. The molecule has 1 amide bonds. The van der Waals surface area contributed by atoms with Gasteiger partial charge in [0.2, 0.25) is 5.91 Å². The number of carbonyl (C=O) groups is 1. The molecule has 3 nitrogen and oxygen atoms in total. The number of nitrogens with two attached hydrogens (primary N) is 1. The van der Waals surface area contributed by atoms with E-state index in [1.165, 1.54) is 0 Å². The van der Waals surface area contributed by atoms with E-state index in [2.05, 4.69) is 5.32 Å². The van der Waals surface area contributed by atoms with Gasteiger partial charge in [0.05, 0.1) is 5.25 Å². The fourth-order valence-electron chi connectivity index (χ4n) is 1.35. The van der Waals surface area contributed by atoms with Crippen LogP contribution in [0.25, 0.3) is 0 Å². The van der Waals surface area contributed by atoms with Gasteiger partial charge in [0.25, 0.3) is 0 Å². The van der Waals surface area contributed by atoms with Crippen LogP contribution < -0.4 is 11.1 Å². The van der Waals surface area contributed by atoms with Gasteiger partial charge in [0.1, 0.15) is 0 Å². The number of hydrogen-bond acceptors (Lipinski definition) is 3. The first-order chi connectivity index (χ1) is 7.65. The standard InChI is InChI=1S/C12H16N2OS/c1-8(12(15)14-10-4-5-10)16-11-6-2-9(13)3-7-11/h2-3,6-8,10H,4-5,13H2,1H3,(H,14,15). The third kappa shape index (κ3) is 3.17.